The molecule has 0 spiro atoms. The van der Waals surface area contributed by atoms with E-state index in [-0.39, 0.29) is 17.6 Å². The molecule has 0 saturated heterocycles. The topological polar surface area (TPSA) is 58.2 Å². The van der Waals surface area contributed by atoms with Crippen molar-refractivity contribution in [1.82, 2.24) is 10.6 Å². The van der Waals surface area contributed by atoms with Gasteiger partial charge in [0.1, 0.15) is 5.78 Å². The Bertz CT molecular complexity index is 348. The maximum atomic E-state index is 12.3. The quantitative estimate of drug-likeness (QED) is 0.810. The molecule has 2 aliphatic carbocycles. The summed E-state index contributed by atoms with van der Waals surface area (Å²) in [6.07, 6.45) is 7.99. The zero-order valence-corrected chi connectivity index (χ0v) is 12.8. The molecule has 2 fully saturated rings. The Morgan fingerprint density at radius 2 is 1.65 bits per heavy atom. The Morgan fingerprint density at radius 1 is 1.00 bits per heavy atom. The van der Waals surface area contributed by atoms with Gasteiger partial charge in [-0.25, -0.2) is 0 Å². The van der Waals surface area contributed by atoms with Gasteiger partial charge in [0.15, 0.2) is 0 Å². The van der Waals surface area contributed by atoms with Crippen LogP contribution in [0.25, 0.3) is 0 Å². The van der Waals surface area contributed by atoms with Gasteiger partial charge in [0.2, 0.25) is 5.91 Å². The van der Waals surface area contributed by atoms with Gasteiger partial charge in [-0.15, -0.1) is 0 Å². The summed E-state index contributed by atoms with van der Waals surface area (Å²) in [5, 5.41) is 6.51. The number of carbonyl (C=O) groups excluding carboxylic acids is 2. The van der Waals surface area contributed by atoms with Gasteiger partial charge in [-0.1, -0.05) is 0 Å². The average molecular weight is 280 g/mol. The first-order valence-corrected chi connectivity index (χ1v) is 8.05. The standard InChI is InChI=1S/C16H28N2O2/c1-11(19)9-12-3-6-15(10-12)18-16(20)13-4-7-14(17-2)8-5-13/h12-15,17H,3-10H2,1-2H3,(H,18,20)/t12-,13?,14?,15?/m0/s1. The van der Waals surface area contributed by atoms with Crippen molar-refractivity contribution < 1.29 is 9.59 Å². The van der Waals surface area contributed by atoms with E-state index in [1.807, 2.05) is 7.05 Å². The normalized spacial score (nSPS) is 33.9. The van der Waals surface area contributed by atoms with Gasteiger partial charge in [-0.2, -0.15) is 0 Å². The molecule has 0 aliphatic heterocycles. The largest absolute Gasteiger partial charge is 0.353 e. The lowest BCUT2D eigenvalue weighted by molar-refractivity contribution is -0.126. The summed E-state index contributed by atoms with van der Waals surface area (Å²) in [6, 6.07) is 0.888. The molecular weight excluding hydrogens is 252 g/mol. The van der Waals surface area contributed by atoms with E-state index in [1.165, 1.54) is 0 Å². The maximum Gasteiger partial charge on any atom is 0.223 e. The predicted octanol–water partition coefficient (Wildman–Crippen LogP) is 2.03. The van der Waals surface area contributed by atoms with E-state index < -0.39 is 0 Å². The molecule has 2 atom stereocenters. The zero-order chi connectivity index (χ0) is 14.5. The highest BCUT2D eigenvalue weighted by Gasteiger charge is 2.30. The van der Waals surface area contributed by atoms with E-state index >= 15 is 0 Å². The second-order valence-electron chi connectivity index (χ2n) is 6.63. The van der Waals surface area contributed by atoms with Crippen molar-refractivity contribution in [3.63, 3.8) is 0 Å². The Kier molecular flexibility index (Phi) is 5.58. The Morgan fingerprint density at radius 3 is 2.25 bits per heavy atom. The minimum Gasteiger partial charge on any atom is -0.353 e. The Hall–Kier alpha value is -0.900. The lowest BCUT2D eigenvalue weighted by atomic mass is 9.85. The molecule has 0 bridgehead atoms. The number of hydrogen-bond donors (Lipinski definition) is 2. The van der Waals surface area contributed by atoms with Crippen LogP contribution in [0.3, 0.4) is 0 Å². The van der Waals surface area contributed by atoms with E-state index in [9.17, 15) is 9.59 Å². The fraction of sp³-hybridized carbons (Fsp3) is 0.875. The summed E-state index contributed by atoms with van der Waals surface area (Å²) < 4.78 is 0. The highest BCUT2D eigenvalue weighted by atomic mass is 16.2. The van der Waals surface area contributed by atoms with Gasteiger partial charge >= 0.3 is 0 Å². The van der Waals surface area contributed by atoms with Crippen molar-refractivity contribution in [1.29, 1.82) is 0 Å². The number of rotatable bonds is 5. The minimum atomic E-state index is 0.200. The molecule has 1 unspecified atom stereocenters. The third-order valence-corrected chi connectivity index (χ3v) is 4.97. The van der Waals surface area contributed by atoms with Crippen molar-refractivity contribution in [3.8, 4) is 0 Å². The molecular formula is C16H28N2O2. The first-order valence-electron chi connectivity index (χ1n) is 8.05. The molecule has 20 heavy (non-hydrogen) atoms. The number of amides is 1. The van der Waals surface area contributed by atoms with Crippen LogP contribution in [0.15, 0.2) is 0 Å². The van der Waals surface area contributed by atoms with Gasteiger partial charge in [0.05, 0.1) is 0 Å². The maximum absolute atomic E-state index is 12.3. The molecule has 0 aromatic rings. The van der Waals surface area contributed by atoms with E-state index in [1.54, 1.807) is 6.92 Å². The molecule has 0 aromatic carbocycles. The number of carbonyl (C=O) groups is 2. The SMILES string of the molecule is CNC1CCC(C(=O)NC2CC[C@@H](CC(C)=O)C2)CC1. The summed E-state index contributed by atoms with van der Waals surface area (Å²) in [5.41, 5.74) is 0. The monoisotopic (exact) mass is 280 g/mol. The van der Waals surface area contributed by atoms with Crippen LogP contribution in [0.2, 0.25) is 0 Å². The number of Topliss-reactive ketones (excluding diaryl/α,β-unsaturated/α-hetero) is 1. The lowest BCUT2D eigenvalue weighted by Crippen LogP contribution is -2.41. The second kappa shape index (κ2) is 7.21. The van der Waals surface area contributed by atoms with Crippen LogP contribution in [0.1, 0.15) is 58.3 Å². The Balaban J connectivity index is 1.71. The third kappa shape index (κ3) is 4.30. The average Bonchev–Trinajstić information content (AvgIpc) is 2.85. The molecule has 2 N–H and O–H groups in total. The minimum absolute atomic E-state index is 0.200. The number of ketones is 1. The third-order valence-electron chi connectivity index (χ3n) is 4.97. The molecule has 2 saturated carbocycles. The summed E-state index contributed by atoms with van der Waals surface area (Å²) in [5.74, 6) is 1.20. The van der Waals surface area contributed by atoms with Crippen LogP contribution in [-0.2, 0) is 9.59 Å². The molecule has 0 radical (unpaired) electrons. The number of hydrogen-bond acceptors (Lipinski definition) is 3. The van der Waals surface area contributed by atoms with E-state index in [2.05, 4.69) is 10.6 Å². The van der Waals surface area contributed by atoms with E-state index in [4.69, 9.17) is 0 Å². The van der Waals surface area contributed by atoms with E-state index in [0.29, 0.717) is 24.4 Å². The highest BCUT2D eigenvalue weighted by molar-refractivity contribution is 5.79. The van der Waals surface area contributed by atoms with Gasteiger partial charge in [0, 0.05) is 24.4 Å². The fourth-order valence-electron chi connectivity index (χ4n) is 3.76. The lowest BCUT2D eigenvalue weighted by Gasteiger charge is -2.28. The molecule has 2 rings (SSSR count). The molecule has 114 valence electrons. The first-order chi connectivity index (χ1) is 9.58. The fourth-order valence-corrected chi connectivity index (χ4v) is 3.76. The van der Waals surface area contributed by atoms with Crippen molar-refractivity contribution in [2.75, 3.05) is 7.05 Å². The summed E-state index contributed by atoms with van der Waals surface area (Å²) >= 11 is 0. The van der Waals surface area contributed by atoms with Gasteiger partial charge in [-0.05, 0) is 64.8 Å². The molecule has 1 amide bonds. The second-order valence-corrected chi connectivity index (χ2v) is 6.63. The van der Waals surface area contributed by atoms with Gasteiger partial charge in [-0.3, -0.25) is 4.79 Å². The van der Waals surface area contributed by atoms with Crippen LogP contribution >= 0.6 is 0 Å². The first kappa shape index (κ1) is 15.5. The molecule has 2 aliphatic rings. The van der Waals surface area contributed by atoms with E-state index in [0.717, 1.165) is 44.9 Å². The summed E-state index contributed by atoms with van der Waals surface area (Å²) in [7, 11) is 2.00. The summed E-state index contributed by atoms with van der Waals surface area (Å²) in [6.45, 7) is 1.66. The smallest absolute Gasteiger partial charge is 0.223 e. The van der Waals surface area contributed by atoms with Crippen molar-refractivity contribution in [2.24, 2.45) is 11.8 Å². The predicted molar refractivity (Wildman–Crippen MR) is 79.4 cm³/mol. The van der Waals surface area contributed by atoms with Crippen molar-refractivity contribution >= 4 is 11.7 Å². The van der Waals surface area contributed by atoms with Crippen molar-refractivity contribution in [3.05, 3.63) is 0 Å². The summed E-state index contributed by atoms with van der Waals surface area (Å²) in [4.78, 5) is 23.4. The molecule has 4 heteroatoms. The molecule has 0 aromatic heterocycles. The van der Waals surface area contributed by atoms with Crippen LogP contribution in [0.4, 0.5) is 0 Å². The zero-order valence-electron chi connectivity index (χ0n) is 12.8. The van der Waals surface area contributed by atoms with Gasteiger partial charge < -0.3 is 15.4 Å². The molecule has 4 nitrogen and oxygen atoms in total. The van der Waals surface area contributed by atoms with Crippen LogP contribution < -0.4 is 10.6 Å². The Labute approximate surface area is 122 Å². The van der Waals surface area contributed by atoms with Crippen LogP contribution in [0.5, 0.6) is 0 Å². The van der Waals surface area contributed by atoms with Crippen LogP contribution in [0, 0.1) is 11.8 Å². The van der Waals surface area contributed by atoms with Crippen molar-refractivity contribution in [2.45, 2.75) is 70.4 Å². The van der Waals surface area contributed by atoms with Gasteiger partial charge in [0.25, 0.3) is 0 Å². The number of nitrogens with one attached hydrogen (secondary N) is 2. The molecule has 0 heterocycles. The highest BCUT2D eigenvalue weighted by Crippen LogP contribution is 2.30. The van der Waals surface area contributed by atoms with Crippen LogP contribution in [-0.4, -0.2) is 30.8 Å².